The Bertz CT molecular complexity index is 1810. The second-order valence-corrected chi connectivity index (χ2v) is 11.3. The minimum atomic E-state index is -1.40. The molecule has 212 valence electrons. The van der Waals surface area contributed by atoms with E-state index in [1.807, 2.05) is 56.4 Å². The fourth-order valence-electron chi connectivity index (χ4n) is 7.05. The number of nitrogens with zero attached hydrogens (tertiary/aromatic N) is 1. The zero-order valence-electron chi connectivity index (χ0n) is 23.5. The van der Waals surface area contributed by atoms with Crippen LogP contribution in [0.3, 0.4) is 0 Å². The molecule has 3 amide bonds. The number of aromatic nitrogens is 1. The van der Waals surface area contributed by atoms with Crippen LogP contribution in [-0.2, 0) is 31.1 Å². The highest BCUT2D eigenvalue weighted by atomic mass is 16.5. The molecule has 2 saturated heterocycles. The highest BCUT2D eigenvalue weighted by molar-refractivity contribution is 6.26. The molecule has 1 spiro atoms. The minimum Gasteiger partial charge on any atom is -0.462 e. The number of esters is 1. The summed E-state index contributed by atoms with van der Waals surface area (Å²) >= 11 is 0. The SMILES string of the molecule is CCOC(=O)c1ccc(N2C(=O)[C@H]3[C@H](Cc4c[nH]c5ccccc45)N[C@@]4(C(=O)Nc5c4ccc(C)c5C)[C@@H]3C2=O)cc1. The first kappa shape index (κ1) is 26.2. The molecule has 2 fully saturated rings. The number of hydrogen-bond donors (Lipinski definition) is 3. The molecular formula is C33H30N4O5. The van der Waals surface area contributed by atoms with E-state index in [4.69, 9.17) is 4.74 Å². The number of para-hydroxylation sites is 1. The van der Waals surface area contributed by atoms with Crippen molar-refractivity contribution in [3.63, 3.8) is 0 Å². The lowest BCUT2D eigenvalue weighted by Gasteiger charge is -2.29. The van der Waals surface area contributed by atoms with Crippen molar-refractivity contribution in [1.29, 1.82) is 0 Å². The number of fused-ring (bicyclic) bond motifs is 5. The van der Waals surface area contributed by atoms with Gasteiger partial charge in [-0.25, -0.2) is 9.69 Å². The predicted molar refractivity (Wildman–Crippen MR) is 157 cm³/mol. The number of anilines is 2. The molecule has 3 aliphatic heterocycles. The molecule has 4 aromatic rings. The van der Waals surface area contributed by atoms with Gasteiger partial charge in [0.25, 0.3) is 0 Å². The van der Waals surface area contributed by atoms with E-state index in [-0.39, 0.29) is 18.4 Å². The summed E-state index contributed by atoms with van der Waals surface area (Å²) in [5.41, 5.74) is 4.58. The molecule has 3 aliphatic rings. The summed E-state index contributed by atoms with van der Waals surface area (Å²) in [5, 5.41) is 7.61. The summed E-state index contributed by atoms with van der Waals surface area (Å²) in [6, 6.07) is 17.5. The van der Waals surface area contributed by atoms with E-state index in [2.05, 4.69) is 15.6 Å². The van der Waals surface area contributed by atoms with Crippen LogP contribution in [-0.4, -0.2) is 41.3 Å². The lowest BCUT2D eigenvalue weighted by Crippen LogP contribution is -2.53. The number of aromatic amines is 1. The van der Waals surface area contributed by atoms with Crippen molar-refractivity contribution < 1.29 is 23.9 Å². The summed E-state index contributed by atoms with van der Waals surface area (Å²) in [5.74, 6) is -3.35. The van der Waals surface area contributed by atoms with Crippen molar-refractivity contribution >= 4 is 46.0 Å². The van der Waals surface area contributed by atoms with Crippen LogP contribution in [0.2, 0.25) is 0 Å². The predicted octanol–water partition coefficient (Wildman–Crippen LogP) is 4.13. The van der Waals surface area contributed by atoms with Crippen molar-refractivity contribution in [1.82, 2.24) is 10.3 Å². The van der Waals surface area contributed by atoms with Crippen molar-refractivity contribution in [2.45, 2.75) is 38.8 Å². The smallest absolute Gasteiger partial charge is 0.338 e. The van der Waals surface area contributed by atoms with Crippen LogP contribution < -0.4 is 15.5 Å². The second kappa shape index (κ2) is 9.39. The lowest BCUT2D eigenvalue weighted by molar-refractivity contribution is -0.130. The van der Waals surface area contributed by atoms with Gasteiger partial charge in [0, 0.05) is 34.4 Å². The Morgan fingerprint density at radius 3 is 2.50 bits per heavy atom. The molecule has 42 heavy (non-hydrogen) atoms. The molecule has 9 nitrogen and oxygen atoms in total. The van der Waals surface area contributed by atoms with E-state index >= 15 is 0 Å². The maximum Gasteiger partial charge on any atom is 0.338 e. The van der Waals surface area contributed by atoms with Gasteiger partial charge in [-0.15, -0.1) is 0 Å². The molecule has 1 aromatic heterocycles. The Hall–Kier alpha value is -4.76. The number of aryl methyl sites for hydroxylation is 1. The van der Waals surface area contributed by atoms with Gasteiger partial charge >= 0.3 is 5.97 Å². The third-order valence-corrected chi connectivity index (χ3v) is 9.17. The maximum absolute atomic E-state index is 14.3. The Labute approximate surface area is 242 Å². The topological polar surface area (TPSA) is 121 Å². The molecule has 0 saturated carbocycles. The van der Waals surface area contributed by atoms with Crippen LogP contribution in [0, 0.1) is 25.7 Å². The zero-order chi connectivity index (χ0) is 29.3. The maximum atomic E-state index is 14.3. The summed E-state index contributed by atoms with van der Waals surface area (Å²) in [4.78, 5) is 59.2. The molecule has 7 rings (SSSR count). The number of hydrogen-bond acceptors (Lipinski definition) is 6. The first-order chi connectivity index (χ1) is 20.3. The Morgan fingerprint density at radius 1 is 0.976 bits per heavy atom. The second-order valence-electron chi connectivity index (χ2n) is 11.3. The van der Waals surface area contributed by atoms with Crippen molar-refractivity contribution in [2.75, 3.05) is 16.8 Å². The third kappa shape index (κ3) is 3.53. The zero-order valence-corrected chi connectivity index (χ0v) is 23.5. The average Bonchev–Trinajstić information content (AvgIpc) is 3.70. The van der Waals surface area contributed by atoms with Gasteiger partial charge in [0.15, 0.2) is 0 Å². The van der Waals surface area contributed by atoms with Crippen LogP contribution in [0.25, 0.3) is 10.9 Å². The van der Waals surface area contributed by atoms with Gasteiger partial charge in [-0.1, -0.05) is 30.3 Å². The van der Waals surface area contributed by atoms with E-state index in [1.165, 1.54) is 4.90 Å². The van der Waals surface area contributed by atoms with Gasteiger partial charge < -0.3 is 15.0 Å². The molecule has 9 heteroatoms. The number of ether oxygens (including phenoxy) is 1. The Balaban J connectivity index is 1.34. The number of imide groups is 1. The van der Waals surface area contributed by atoms with Gasteiger partial charge in [-0.3, -0.25) is 19.7 Å². The standard InChI is InChI=1S/C33H30N4O5/c1-4-42-31(40)19-10-12-21(13-11-19)37-29(38)26-25(15-20-16-34-24-8-6-5-7-22(20)24)36-33(27(26)30(37)39)23-14-9-17(2)18(3)28(23)35-32(33)41/h5-14,16,25-27,34,36H,4,15H2,1-3H3,(H,35,41)/t25-,26-,27-,33+/m0/s1. The lowest BCUT2D eigenvalue weighted by atomic mass is 9.75. The summed E-state index contributed by atoms with van der Waals surface area (Å²) in [7, 11) is 0. The molecule has 0 radical (unpaired) electrons. The van der Waals surface area contributed by atoms with Crippen molar-refractivity contribution in [2.24, 2.45) is 11.8 Å². The van der Waals surface area contributed by atoms with Gasteiger partial charge in [-0.2, -0.15) is 0 Å². The molecule has 0 bridgehead atoms. The van der Waals surface area contributed by atoms with E-state index < -0.39 is 35.3 Å². The largest absolute Gasteiger partial charge is 0.462 e. The van der Waals surface area contributed by atoms with Crippen LogP contribution >= 0.6 is 0 Å². The van der Waals surface area contributed by atoms with Crippen LogP contribution in [0.5, 0.6) is 0 Å². The average molecular weight is 563 g/mol. The van der Waals surface area contributed by atoms with Crippen LogP contribution in [0.4, 0.5) is 11.4 Å². The van der Waals surface area contributed by atoms with E-state index in [1.54, 1.807) is 31.2 Å². The van der Waals surface area contributed by atoms with E-state index in [0.29, 0.717) is 28.9 Å². The number of carbonyl (C=O) groups is 4. The highest BCUT2D eigenvalue weighted by Crippen LogP contribution is 2.54. The van der Waals surface area contributed by atoms with Gasteiger partial charge in [0.05, 0.1) is 29.7 Å². The fourth-order valence-corrected chi connectivity index (χ4v) is 7.05. The molecule has 4 heterocycles. The number of carbonyl (C=O) groups excluding carboxylic acids is 4. The van der Waals surface area contributed by atoms with Crippen LogP contribution in [0.15, 0.2) is 66.9 Å². The first-order valence-electron chi connectivity index (χ1n) is 14.2. The summed E-state index contributed by atoms with van der Waals surface area (Å²) in [6.45, 7) is 5.89. The Morgan fingerprint density at radius 2 is 1.74 bits per heavy atom. The number of amides is 3. The fraction of sp³-hybridized carbons (Fsp3) is 0.273. The minimum absolute atomic E-state index is 0.239. The quantitative estimate of drug-likeness (QED) is 0.249. The first-order valence-corrected chi connectivity index (χ1v) is 14.2. The third-order valence-electron chi connectivity index (χ3n) is 9.17. The normalized spacial score (nSPS) is 24.4. The van der Waals surface area contributed by atoms with Crippen LogP contribution in [0.1, 0.15) is 39.5 Å². The summed E-state index contributed by atoms with van der Waals surface area (Å²) < 4.78 is 5.08. The molecular weight excluding hydrogens is 532 g/mol. The van der Waals surface area contributed by atoms with Crippen molar-refractivity contribution in [3.05, 3.63) is 94.7 Å². The number of H-pyrrole nitrogens is 1. The molecule has 3 aromatic carbocycles. The molecule has 4 atom stereocenters. The van der Waals surface area contributed by atoms with Gasteiger partial charge in [-0.05, 0) is 74.2 Å². The van der Waals surface area contributed by atoms with Gasteiger partial charge in [0.1, 0.15) is 5.54 Å². The number of rotatable bonds is 5. The van der Waals surface area contributed by atoms with E-state index in [0.717, 1.165) is 27.6 Å². The highest BCUT2D eigenvalue weighted by Gasteiger charge is 2.70. The van der Waals surface area contributed by atoms with Crippen molar-refractivity contribution in [3.8, 4) is 0 Å². The van der Waals surface area contributed by atoms with Gasteiger partial charge in [0.2, 0.25) is 17.7 Å². The molecule has 3 N–H and O–H groups in total. The number of nitrogens with one attached hydrogen (secondary N) is 3. The monoisotopic (exact) mass is 562 g/mol. The summed E-state index contributed by atoms with van der Waals surface area (Å²) in [6.07, 6.45) is 2.37. The molecule has 0 unspecified atom stereocenters. The molecule has 0 aliphatic carbocycles. The Kier molecular flexibility index (Phi) is 5.85. The number of benzene rings is 3. The van der Waals surface area contributed by atoms with E-state index in [9.17, 15) is 19.2 Å².